The van der Waals surface area contributed by atoms with E-state index in [2.05, 4.69) is 20.9 Å². The van der Waals surface area contributed by atoms with Crippen molar-refractivity contribution in [2.45, 2.75) is 20.5 Å². The van der Waals surface area contributed by atoms with Gasteiger partial charge in [-0.25, -0.2) is 9.79 Å². The van der Waals surface area contributed by atoms with E-state index in [0.29, 0.717) is 30.6 Å². The third-order valence-electron chi connectivity index (χ3n) is 3.59. The number of cyclic esters (lactones) is 1. The maximum Gasteiger partial charge on any atom is 0.363 e. The Kier molecular flexibility index (Phi) is 5.73. The van der Waals surface area contributed by atoms with Gasteiger partial charge in [-0.15, -0.1) is 0 Å². The van der Waals surface area contributed by atoms with Crippen LogP contribution in [0.25, 0.3) is 6.08 Å². The number of ether oxygens (including phenoxy) is 3. The van der Waals surface area contributed by atoms with Gasteiger partial charge in [0, 0.05) is 6.92 Å². The van der Waals surface area contributed by atoms with Crippen LogP contribution in [0, 0.1) is 0 Å². The van der Waals surface area contributed by atoms with Gasteiger partial charge in [-0.1, -0.05) is 30.3 Å². The van der Waals surface area contributed by atoms with Crippen LogP contribution in [-0.2, 0) is 16.1 Å². The molecule has 1 aliphatic rings. The molecule has 1 heterocycles. The zero-order valence-electron chi connectivity index (χ0n) is 14.5. The molecule has 3 rings (SSSR count). The second kappa shape index (κ2) is 8.19. The van der Waals surface area contributed by atoms with E-state index in [1.54, 1.807) is 13.0 Å². The highest BCUT2D eigenvalue weighted by Gasteiger charge is 2.20. The molecule has 2 aromatic rings. The Bertz CT molecular complexity index is 875. The van der Waals surface area contributed by atoms with E-state index in [-0.39, 0.29) is 5.70 Å². The zero-order chi connectivity index (χ0) is 18.5. The first-order chi connectivity index (χ1) is 12.6. The van der Waals surface area contributed by atoms with Crippen LogP contribution in [0.1, 0.15) is 25.0 Å². The minimum absolute atomic E-state index is 0.259. The van der Waals surface area contributed by atoms with Crippen molar-refractivity contribution < 1.29 is 19.0 Å². The average molecular weight is 416 g/mol. The molecule has 26 heavy (non-hydrogen) atoms. The van der Waals surface area contributed by atoms with Crippen molar-refractivity contribution in [1.82, 2.24) is 0 Å². The van der Waals surface area contributed by atoms with Crippen molar-refractivity contribution >= 4 is 33.9 Å². The number of rotatable bonds is 6. The third kappa shape index (κ3) is 4.32. The highest BCUT2D eigenvalue weighted by molar-refractivity contribution is 9.10. The van der Waals surface area contributed by atoms with Gasteiger partial charge in [0.1, 0.15) is 6.61 Å². The number of carbonyl (C=O) groups is 1. The molecule has 0 N–H and O–H groups in total. The molecule has 0 atom stereocenters. The molecule has 0 radical (unpaired) electrons. The topological polar surface area (TPSA) is 57.1 Å². The van der Waals surface area contributed by atoms with E-state index in [1.807, 2.05) is 49.4 Å². The van der Waals surface area contributed by atoms with E-state index >= 15 is 0 Å². The lowest BCUT2D eigenvalue weighted by atomic mass is 10.1. The monoisotopic (exact) mass is 415 g/mol. The van der Waals surface area contributed by atoms with Crippen molar-refractivity contribution in [2.75, 3.05) is 6.61 Å². The highest BCUT2D eigenvalue weighted by Crippen LogP contribution is 2.38. The van der Waals surface area contributed by atoms with Crippen molar-refractivity contribution in [3.05, 3.63) is 63.8 Å². The normalized spacial score (nSPS) is 15.0. The smallest absolute Gasteiger partial charge is 0.363 e. The van der Waals surface area contributed by atoms with Crippen molar-refractivity contribution in [3.63, 3.8) is 0 Å². The molecule has 6 heteroatoms. The maximum atomic E-state index is 11.7. The van der Waals surface area contributed by atoms with Crippen molar-refractivity contribution in [3.8, 4) is 11.5 Å². The summed E-state index contributed by atoms with van der Waals surface area (Å²) in [6.07, 6.45) is 1.66. The Morgan fingerprint density at radius 2 is 1.96 bits per heavy atom. The standard InChI is InChI=1S/C20H18BrNO4/c1-3-24-18-11-15(10-17-20(23)26-13(2)22-17)9-16(21)19(18)25-12-14-7-5-4-6-8-14/h4-11H,3,12H2,1-2H3/b17-10+. The molecule has 0 bridgehead atoms. The number of benzene rings is 2. The molecule has 134 valence electrons. The fourth-order valence-electron chi connectivity index (χ4n) is 2.48. The van der Waals surface area contributed by atoms with Crippen LogP contribution in [0.4, 0.5) is 0 Å². The predicted octanol–water partition coefficient (Wildman–Crippen LogP) is 4.74. The molecular weight excluding hydrogens is 398 g/mol. The summed E-state index contributed by atoms with van der Waals surface area (Å²) in [5, 5.41) is 0. The van der Waals surface area contributed by atoms with Crippen molar-refractivity contribution in [1.29, 1.82) is 0 Å². The van der Waals surface area contributed by atoms with Crippen LogP contribution in [-0.4, -0.2) is 18.5 Å². The Morgan fingerprint density at radius 3 is 2.62 bits per heavy atom. The molecule has 0 aliphatic carbocycles. The number of aliphatic imine (C=N–C) groups is 1. The van der Waals surface area contributed by atoms with Gasteiger partial charge in [0.25, 0.3) is 0 Å². The molecule has 0 saturated carbocycles. The summed E-state index contributed by atoms with van der Waals surface area (Å²) in [5.74, 6) is 1.09. The number of carbonyl (C=O) groups excluding carboxylic acids is 1. The predicted molar refractivity (Wildman–Crippen MR) is 103 cm³/mol. The molecule has 0 spiro atoms. The first kappa shape index (κ1) is 18.2. The van der Waals surface area contributed by atoms with E-state index in [1.165, 1.54) is 0 Å². The molecule has 1 aliphatic heterocycles. The number of esters is 1. The van der Waals surface area contributed by atoms with Gasteiger partial charge in [0.2, 0.25) is 0 Å². The van der Waals surface area contributed by atoms with Crippen LogP contribution in [0.3, 0.4) is 0 Å². The van der Waals surface area contributed by atoms with Crippen LogP contribution < -0.4 is 9.47 Å². The van der Waals surface area contributed by atoms with Crippen LogP contribution >= 0.6 is 15.9 Å². The number of hydrogen-bond acceptors (Lipinski definition) is 5. The lowest BCUT2D eigenvalue weighted by Crippen LogP contribution is -2.01. The minimum Gasteiger partial charge on any atom is -0.490 e. The van der Waals surface area contributed by atoms with Gasteiger partial charge in [-0.3, -0.25) is 0 Å². The molecule has 0 unspecified atom stereocenters. The summed E-state index contributed by atoms with van der Waals surface area (Å²) in [4.78, 5) is 15.8. The summed E-state index contributed by atoms with van der Waals surface area (Å²) >= 11 is 3.53. The Balaban J connectivity index is 1.88. The number of halogens is 1. The Labute approximate surface area is 160 Å². The molecule has 0 fully saturated rings. The fraction of sp³-hybridized carbons (Fsp3) is 0.200. The Morgan fingerprint density at radius 1 is 1.19 bits per heavy atom. The number of nitrogens with zero attached hydrogens (tertiary/aromatic N) is 1. The summed E-state index contributed by atoms with van der Waals surface area (Å²) in [5.41, 5.74) is 2.08. The van der Waals surface area contributed by atoms with Crippen molar-refractivity contribution in [2.24, 2.45) is 4.99 Å². The van der Waals surface area contributed by atoms with Crippen LogP contribution in [0.2, 0.25) is 0 Å². The SMILES string of the molecule is CCOc1cc(/C=C2/N=C(C)OC2=O)cc(Br)c1OCc1ccccc1. The first-order valence-electron chi connectivity index (χ1n) is 8.19. The molecular formula is C20H18BrNO4. The van der Waals surface area contributed by atoms with E-state index in [9.17, 15) is 4.79 Å². The van der Waals surface area contributed by atoms with Gasteiger partial charge in [0.15, 0.2) is 23.1 Å². The molecule has 2 aromatic carbocycles. The zero-order valence-corrected chi connectivity index (χ0v) is 16.1. The van der Waals surface area contributed by atoms with Crippen LogP contribution in [0.15, 0.2) is 57.6 Å². The summed E-state index contributed by atoms with van der Waals surface area (Å²) in [7, 11) is 0. The summed E-state index contributed by atoms with van der Waals surface area (Å²) in [6, 6.07) is 13.6. The van der Waals surface area contributed by atoms with E-state index in [4.69, 9.17) is 14.2 Å². The Hall–Kier alpha value is -2.60. The second-order valence-electron chi connectivity index (χ2n) is 5.59. The first-order valence-corrected chi connectivity index (χ1v) is 8.98. The largest absolute Gasteiger partial charge is 0.490 e. The van der Waals surface area contributed by atoms with Gasteiger partial charge in [-0.2, -0.15) is 0 Å². The molecule has 0 amide bonds. The minimum atomic E-state index is -0.457. The van der Waals surface area contributed by atoms with Gasteiger partial charge in [0.05, 0.1) is 11.1 Å². The van der Waals surface area contributed by atoms with E-state index < -0.39 is 5.97 Å². The molecule has 0 saturated heterocycles. The van der Waals surface area contributed by atoms with Gasteiger partial charge >= 0.3 is 5.97 Å². The lowest BCUT2D eigenvalue weighted by molar-refractivity contribution is -0.130. The maximum absolute atomic E-state index is 11.7. The molecule has 5 nitrogen and oxygen atoms in total. The summed E-state index contributed by atoms with van der Waals surface area (Å²) < 4.78 is 17.4. The van der Waals surface area contributed by atoms with Gasteiger partial charge < -0.3 is 14.2 Å². The summed E-state index contributed by atoms with van der Waals surface area (Å²) in [6.45, 7) is 4.46. The highest BCUT2D eigenvalue weighted by atomic mass is 79.9. The third-order valence-corrected chi connectivity index (χ3v) is 4.18. The number of hydrogen-bond donors (Lipinski definition) is 0. The van der Waals surface area contributed by atoms with E-state index in [0.717, 1.165) is 15.6 Å². The van der Waals surface area contributed by atoms with Crippen LogP contribution in [0.5, 0.6) is 11.5 Å². The van der Waals surface area contributed by atoms with Gasteiger partial charge in [-0.05, 0) is 52.2 Å². The quantitative estimate of drug-likeness (QED) is 0.504. The second-order valence-corrected chi connectivity index (χ2v) is 6.44. The lowest BCUT2D eigenvalue weighted by Gasteiger charge is -2.15. The average Bonchev–Trinajstić information content (AvgIpc) is 2.92. The fourth-order valence-corrected chi connectivity index (χ4v) is 3.05. The molecule has 0 aromatic heterocycles.